The Balaban J connectivity index is 2.02. The normalized spacial score (nSPS) is 17.6. The molecule has 1 fully saturated rings. The molecule has 0 bridgehead atoms. The van der Waals surface area contributed by atoms with E-state index in [4.69, 9.17) is 0 Å². The molecular weight excluding hydrogens is 360 g/mol. The summed E-state index contributed by atoms with van der Waals surface area (Å²) in [7, 11) is 0.156. The van der Waals surface area contributed by atoms with Gasteiger partial charge in [0.2, 0.25) is 10.0 Å². The van der Waals surface area contributed by atoms with Crippen molar-refractivity contribution < 1.29 is 8.42 Å². The fourth-order valence-electron chi connectivity index (χ4n) is 3.49. The Labute approximate surface area is 162 Å². The molecule has 1 saturated heterocycles. The third kappa shape index (κ3) is 4.10. The number of nitrogens with zero attached hydrogens (tertiary/aromatic N) is 4. The molecule has 0 radical (unpaired) electrons. The maximum absolute atomic E-state index is 13.5. The summed E-state index contributed by atoms with van der Waals surface area (Å²) in [5.41, 5.74) is 1.08. The molecule has 0 aliphatic carbocycles. The molecule has 0 unspecified atom stereocenters. The SMILES string of the molecule is CN1CCC(N(C)S(=O)(=O)c2cn(-c3ccccc3)nc2C(C)(C)C)CC1. The molecule has 6 nitrogen and oxygen atoms in total. The molecule has 3 rings (SSSR count). The van der Waals surface area contributed by atoms with E-state index < -0.39 is 10.0 Å². The van der Waals surface area contributed by atoms with Gasteiger partial charge in [-0.15, -0.1) is 0 Å². The number of aromatic nitrogens is 2. The van der Waals surface area contributed by atoms with Crippen LogP contribution < -0.4 is 0 Å². The lowest BCUT2D eigenvalue weighted by molar-refractivity contribution is 0.197. The smallest absolute Gasteiger partial charge is 0.246 e. The third-order valence-corrected chi connectivity index (χ3v) is 7.18. The molecule has 0 amide bonds. The van der Waals surface area contributed by atoms with Gasteiger partial charge in [0.15, 0.2) is 0 Å². The van der Waals surface area contributed by atoms with Gasteiger partial charge in [-0.05, 0) is 45.1 Å². The van der Waals surface area contributed by atoms with E-state index in [-0.39, 0.29) is 11.5 Å². The van der Waals surface area contributed by atoms with E-state index in [0.29, 0.717) is 10.6 Å². The number of rotatable bonds is 4. The molecule has 1 aromatic heterocycles. The molecule has 0 N–H and O–H groups in total. The average Bonchev–Trinajstić information content (AvgIpc) is 3.09. The molecule has 2 aromatic rings. The highest BCUT2D eigenvalue weighted by atomic mass is 32.2. The maximum Gasteiger partial charge on any atom is 0.246 e. The fourth-order valence-corrected chi connectivity index (χ4v) is 5.23. The first-order valence-corrected chi connectivity index (χ1v) is 10.9. The van der Waals surface area contributed by atoms with Crippen molar-refractivity contribution in [3.8, 4) is 5.69 Å². The molecule has 27 heavy (non-hydrogen) atoms. The highest BCUT2D eigenvalue weighted by Gasteiger charge is 2.36. The van der Waals surface area contributed by atoms with Gasteiger partial charge >= 0.3 is 0 Å². The van der Waals surface area contributed by atoms with Crippen LogP contribution in [-0.4, -0.2) is 60.6 Å². The van der Waals surface area contributed by atoms with Crippen LogP contribution in [0.1, 0.15) is 39.3 Å². The van der Waals surface area contributed by atoms with Crippen molar-refractivity contribution in [1.29, 1.82) is 0 Å². The summed E-state index contributed by atoms with van der Waals surface area (Å²) < 4.78 is 30.2. The second-order valence-electron chi connectivity index (χ2n) is 8.43. The molecule has 0 saturated carbocycles. The number of sulfonamides is 1. The highest BCUT2D eigenvalue weighted by molar-refractivity contribution is 7.89. The lowest BCUT2D eigenvalue weighted by Gasteiger charge is -2.34. The predicted molar refractivity (Wildman–Crippen MR) is 108 cm³/mol. The lowest BCUT2D eigenvalue weighted by atomic mass is 9.92. The summed E-state index contributed by atoms with van der Waals surface area (Å²) in [6.45, 7) is 7.83. The van der Waals surface area contributed by atoms with Crippen molar-refractivity contribution in [2.24, 2.45) is 0 Å². The maximum atomic E-state index is 13.5. The van der Waals surface area contributed by atoms with Crippen LogP contribution in [0.4, 0.5) is 0 Å². The lowest BCUT2D eigenvalue weighted by Crippen LogP contribution is -2.44. The average molecular weight is 391 g/mol. The van der Waals surface area contributed by atoms with Crippen LogP contribution in [-0.2, 0) is 15.4 Å². The van der Waals surface area contributed by atoms with Gasteiger partial charge in [-0.25, -0.2) is 13.1 Å². The van der Waals surface area contributed by atoms with E-state index in [1.54, 1.807) is 22.2 Å². The number of hydrogen-bond acceptors (Lipinski definition) is 4. The standard InChI is InChI=1S/C20H30N4O2S/c1-20(2,3)19-18(15-24(21-19)17-9-7-6-8-10-17)27(25,26)23(5)16-11-13-22(4)14-12-16/h6-10,15-16H,11-14H2,1-5H3. The van der Waals surface area contributed by atoms with E-state index in [0.717, 1.165) is 31.6 Å². The van der Waals surface area contributed by atoms with Crippen LogP contribution in [0.25, 0.3) is 5.69 Å². The minimum absolute atomic E-state index is 0.0269. The van der Waals surface area contributed by atoms with Gasteiger partial charge in [0, 0.05) is 18.5 Å². The summed E-state index contributed by atoms with van der Waals surface area (Å²) in [4.78, 5) is 2.55. The van der Waals surface area contributed by atoms with Gasteiger partial charge in [0.05, 0.1) is 17.6 Å². The number of hydrogen-bond donors (Lipinski definition) is 0. The number of likely N-dealkylation sites (tertiary alicyclic amines) is 1. The van der Waals surface area contributed by atoms with Crippen LogP contribution in [0.5, 0.6) is 0 Å². The van der Waals surface area contributed by atoms with Gasteiger partial charge in [0.25, 0.3) is 0 Å². The molecule has 1 aliphatic heterocycles. The summed E-state index contributed by atoms with van der Waals surface area (Å²) in [6, 6.07) is 9.66. The van der Waals surface area contributed by atoms with Crippen LogP contribution >= 0.6 is 0 Å². The number of piperidine rings is 1. The monoisotopic (exact) mass is 390 g/mol. The van der Waals surface area contributed by atoms with Gasteiger partial charge in [-0.2, -0.15) is 9.40 Å². The van der Waals surface area contributed by atoms with Gasteiger partial charge < -0.3 is 4.90 Å². The number of para-hydroxylation sites is 1. The highest BCUT2D eigenvalue weighted by Crippen LogP contribution is 2.32. The Kier molecular flexibility index (Phi) is 5.47. The first-order chi connectivity index (χ1) is 12.6. The zero-order valence-corrected chi connectivity index (χ0v) is 17.7. The Hall–Kier alpha value is -1.70. The molecule has 1 aliphatic rings. The molecule has 7 heteroatoms. The van der Waals surface area contributed by atoms with Crippen molar-refractivity contribution in [1.82, 2.24) is 19.0 Å². The van der Waals surface area contributed by atoms with Crippen molar-refractivity contribution >= 4 is 10.0 Å². The second-order valence-corrected chi connectivity index (χ2v) is 10.4. The number of benzene rings is 1. The topological polar surface area (TPSA) is 58.4 Å². The largest absolute Gasteiger partial charge is 0.306 e. The Morgan fingerprint density at radius 2 is 1.70 bits per heavy atom. The predicted octanol–water partition coefficient (Wildman–Crippen LogP) is 2.88. The zero-order valence-electron chi connectivity index (χ0n) is 16.9. The summed E-state index contributed by atoms with van der Waals surface area (Å²) in [6.07, 6.45) is 3.37. The summed E-state index contributed by atoms with van der Waals surface area (Å²) >= 11 is 0. The van der Waals surface area contributed by atoms with E-state index >= 15 is 0 Å². The Morgan fingerprint density at radius 3 is 2.26 bits per heavy atom. The first kappa shape index (κ1) is 20.0. The molecular formula is C20H30N4O2S. The quantitative estimate of drug-likeness (QED) is 0.805. The molecule has 2 heterocycles. The minimum atomic E-state index is -3.63. The van der Waals surface area contributed by atoms with Crippen LogP contribution in [0.2, 0.25) is 0 Å². The van der Waals surface area contributed by atoms with Crippen molar-refractivity contribution in [2.75, 3.05) is 27.2 Å². The van der Waals surface area contributed by atoms with E-state index in [1.807, 2.05) is 51.1 Å². The Bertz CT molecular complexity index is 876. The fraction of sp³-hybridized carbons (Fsp3) is 0.550. The first-order valence-electron chi connectivity index (χ1n) is 9.43. The molecule has 148 valence electrons. The van der Waals surface area contributed by atoms with Crippen LogP contribution in [0.3, 0.4) is 0 Å². The van der Waals surface area contributed by atoms with Crippen molar-refractivity contribution in [3.05, 3.63) is 42.2 Å². The van der Waals surface area contributed by atoms with Gasteiger partial charge in [-0.3, -0.25) is 0 Å². The molecule has 0 atom stereocenters. The van der Waals surface area contributed by atoms with E-state index in [2.05, 4.69) is 17.0 Å². The van der Waals surface area contributed by atoms with E-state index in [1.165, 1.54) is 0 Å². The second kappa shape index (κ2) is 7.37. The van der Waals surface area contributed by atoms with E-state index in [9.17, 15) is 8.42 Å². The zero-order chi connectivity index (χ0) is 19.8. The van der Waals surface area contributed by atoms with Crippen molar-refractivity contribution in [3.63, 3.8) is 0 Å². The third-order valence-electron chi connectivity index (χ3n) is 5.27. The van der Waals surface area contributed by atoms with Crippen LogP contribution in [0, 0.1) is 0 Å². The summed E-state index contributed by atoms with van der Waals surface area (Å²) in [5.74, 6) is 0. The summed E-state index contributed by atoms with van der Waals surface area (Å²) in [5, 5.41) is 4.66. The Morgan fingerprint density at radius 1 is 1.11 bits per heavy atom. The van der Waals surface area contributed by atoms with Gasteiger partial charge in [0.1, 0.15) is 4.90 Å². The molecule has 1 aromatic carbocycles. The van der Waals surface area contributed by atoms with Crippen molar-refractivity contribution in [2.45, 2.75) is 50.0 Å². The minimum Gasteiger partial charge on any atom is -0.306 e. The molecule has 0 spiro atoms. The van der Waals surface area contributed by atoms with Gasteiger partial charge in [-0.1, -0.05) is 39.0 Å². The van der Waals surface area contributed by atoms with Crippen LogP contribution in [0.15, 0.2) is 41.4 Å².